The predicted molar refractivity (Wildman–Crippen MR) is 141 cm³/mol. The molecule has 1 aromatic heterocycles. The van der Waals surface area contributed by atoms with Crippen molar-refractivity contribution in [2.24, 2.45) is 0 Å². The van der Waals surface area contributed by atoms with Crippen molar-refractivity contribution in [3.63, 3.8) is 0 Å². The third kappa shape index (κ3) is 5.56. The summed E-state index contributed by atoms with van der Waals surface area (Å²) in [6.07, 6.45) is 1.62. The number of ether oxygens (including phenoxy) is 1. The quantitative estimate of drug-likeness (QED) is 0.553. The summed E-state index contributed by atoms with van der Waals surface area (Å²) in [6, 6.07) is 14.4. The van der Waals surface area contributed by atoms with Gasteiger partial charge in [0.15, 0.2) is 0 Å². The Morgan fingerprint density at radius 2 is 1.82 bits per heavy atom. The van der Waals surface area contributed by atoms with E-state index in [1.807, 2.05) is 43.3 Å². The number of rotatable bonds is 3. The Labute approximate surface area is 221 Å². The number of fused-ring (bicyclic) bond motifs is 4. The first-order chi connectivity index (χ1) is 18.4. The fourth-order valence-corrected chi connectivity index (χ4v) is 5.15. The second kappa shape index (κ2) is 11.1. The molecule has 2 N–H and O–H groups in total. The summed E-state index contributed by atoms with van der Waals surface area (Å²) in [6.45, 7) is 4.61. The van der Waals surface area contributed by atoms with Crippen molar-refractivity contribution in [2.75, 3.05) is 19.7 Å². The Balaban J connectivity index is 1.36. The molecule has 2 aliphatic rings. The van der Waals surface area contributed by atoms with Gasteiger partial charge in [-0.05, 0) is 56.5 Å². The molecule has 5 rings (SSSR count). The molecule has 0 spiro atoms. The maximum Gasteiger partial charge on any atom is 0.251 e. The van der Waals surface area contributed by atoms with E-state index in [0.29, 0.717) is 54.6 Å². The fraction of sp³-hybridized carbons (Fsp3) is 0.379. The monoisotopic (exact) mass is 516 g/mol. The molecule has 9 heteroatoms. The topological polar surface area (TPSA) is 114 Å². The van der Waals surface area contributed by atoms with Gasteiger partial charge in [0.05, 0.1) is 18.7 Å². The Kier molecular flexibility index (Phi) is 7.44. The van der Waals surface area contributed by atoms with Crippen molar-refractivity contribution >= 4 is 17.7 Å². The average molecular weight is 517 g/mol. The number of hydrogen-bond acceptors (Lipinski definition) is 6. The van der Waals surface area contributed by atoms with E-state index in [2.05, 4.69) is 15.6 Å². The van der Waals surface area contributed by atoms with Crippen LogP contribution < -0.4 is 15.4 Å². The number of nitrogens with one attached hydrogen (secondary N) is 2. The Hall–Kier alpha value is -4.14. The lowest BCUT2D eigenvalue weighted by molar-refractivity contribution is -0.134. The molecule has 0 aliphatic carbocycles. The smallest absolute Gasteiger partial charge is 0.251 e. The minimum absolute atomic E-state index is 0.0555. The van der Waals surface area contributed by atoms with Crippen molar-refractivity contribution in [1.29, 1.82) is 0 Å². The summed E-state index contributed by atoms with van der Waals surface area (Å²) >= 11 is 0. The second-order valence-electron chi connectivity index (χ2n) is 9.84. The van der Waals surface area contributed by atoms with Crippen LogP contribution in [-0.4, -0.2) is 59.4 Å². The van der Waals surface area contributed by atoms with E-state index in [0.717, 1.165) is 11.1 Å². The van der Waals surface area contributed by atoms with Gasteiger partial charge in [0, 0.05) is 36.2 Å². The van der Waals surface area contributed by atoms with Crippen LogP contribution in [0.2, 0.25) is 0 Å². The number of nitrogens with zero attached hydrogens (tertiary/aromatic N) is 2. The molecule has 3 heterocycles. The number of amides is 3. The fourth-order valence-electron chi connectivity index (χ4n) is 5.15. The molecule has 38 heavy (non-hydrogen) atoms. The van der Waals surface area contributed by atoms with Gasteiger partial charge in [0.2, 0.25) is 17.7 Å². The summed E-state index contributed by atoms with van der Waals surface area (Å²) in [7, 11) is 0. The van der Waals surface area contributed by atoms with Crippen molar-refractivity contribution in [3.05, 3.63) is 71.1 Å². The Morgan fingerprint density at radius 3 is 2.63 bits per heavy atom. The zero-order chi connectivity index (χ0) is 26.6. The standard InChI is InChI=1S/C29H32N4O5/c1-18-8-9-21-14-25(18)37-13-12-30-26(34)15-22-10-11-23(17-31-28(21)36)33(22)27(35)16-24-19(2)38-29(32-24)20-6-4-3-5-7-20/h3-9,14,22-23H,10-13,15-17H2,1-2H3,(H,30,34)(H,31,36)/t22-,23+/m0/s1. The molecule has 2 aromatic carbocycles. The number of benzene rings is 2. The van der Waals surface area contributed by atoms with E-state index in [1.165, 1.54) is 0 Å². The maximum absolute atomic E-state index is 13.7. The van der Waals surface area contributed by atoms with Gasteiger partial charge in [0.25, 0.3) is 5.91 Å². The van der Waals surface area contributed by atoms with Gasteiger partial charge in [-0.3, -0.25) is 14.4 Å². The SMILES string of the molecule is Cc1ccc2cc1OCCNC(=O)C[C@@H]1CC[C@H](CNC2=O)N1C(=O)Cc1nc(-c2ccccc2)oc1C. The van der Waals surface area contributed by atoms with Crippen LogP contribution in [0.25, 0.3) is 11.5 Å². The highest BCUT2D eigenvalue weighted by Gasteiger charge is 2.38. The number of oxazole rings is 1. The van der Waals surface area contributed by atoms with Crippen LogP contribution in [0.5, 0.6) is 5.75 Å². The molecule has 3 amide bonds. The first-order valence-electron chi connectivity index (χ1n) is 13.0. The minimum atomic E-state index is -0.264. The summed E-state index contributed by atoms with van der Waals surface area (Å²) in [5.74, 6) is 1.17. The summed E-state index contributed by atoms with van der Waals surface area (Å²) in [5, 5.41) is 5.88. The molecule has 0 saturated carbocycles. The van der Waals surface area contributed by atoms with Gasteiger partial charge >= 0.3 is 0 Å². The van der Waals surface area contributed by atoms with Gasteiger partial charge in [-0.2, -0.15) is 0 Å². The van der Waals surface area contributed by atoms with Gasteiger partial charge < -0.3 is 24.7 Å². The number of aryl methyl sites for hydroxylation is 2. The van der Waals surface area contributed by atoms with E-state index >= 15 is 0 Å². The largest absolute Gasteiger partial charge is 0.491 e. The second-order valence-corrected chi connectivity index (χ2v) is 9.84. The van der Waals surface area contributed by atoms with Gasteiger partial charge in [-0.1, -0.05) is 24.3 Å². The zero-order valence-corrected chi connectivity index (χ0v) is 21.7. The molecule has 2 aliphatic heterocycles. The van der Waals surface area contributed by atoms with Gasteiger partial charge in [0.1, 0.15) is 18.1 Å². The van der Waals surface area contributed by atoms with Crippen molar-refractivity contribution in [2.45, 2.75) is 51.6 Å². The Morgan fingerprint density at radius 1 is 1.03 bits per heavy atom. The molecule has 198 valence electrons. The highest BCUT2D eigenvalue weighted by molar-refractivity contribution is 5.94. The molecule has 1 saturated heterocycles. The lowest BCUT2D eigenvalue weighted by atomic mass is 10.1. The van der Waals surface area contributed by atoms with Crippen LogP contribution >= 0.6 is 0 Å². The number of carbonyl (C=O) groups is 3. The molecule has 1 fully saturated rings. The van der Waals surface area contributed by atoms with E-state index in [9.17, 15) is 14.4 Å². The molecule has 4 bridgehead atoms. The van der Waals surface area contributed by atoms with Crippen LogP contribution in [0.1, 0.15) is 46.6 Å². The minimum Gasteiger partial charge on any atom is -0.491 e. The van der Waals surface area contributed by atoms with E-state index in [1.54, 1.807) is 24.0 Å². The van der Waals surface area contributed by atoms with Gasteiger partial charge in [-0.15, -0.1) is 0 Å². The predicted octanol–water partition coefficient (Wildman–Crippen LogP) is 3.19. The summed E-state index contributed by atoms with van der Waals surface area (Å²) in [5.41, 5.74) is 2.81. The third-order valence-electron chi connectivity index (χ3n) is 7.19. The molecule has 3 aromatic rings. The lowest BCUT2D eigenvalue weighted by Gasteiger charge is -2.30. The molecule has 0 unspecified atom stereocenters. The highest BCUT2D eigenvalue weighted by Crippen LogP contribution is 2.29. The maximum atomic E-state index is 13.7. The van der Waals surface area contributed by atoms with E-state index in [-0.39, 0.29) is 49.3 Å². The number of carbonyl (C=O) groups excluding carboxylic acids is 3. The third-order valence-corrected chi connectivity index (χ3v) is 7.19. The number of aromatic nitrogens is 1. The lowest BCUT2D eigenvalue weighted by Crippen LogP contribution is -2.48. The first-order valence-corrected chi connectivity index (χ1v) is 13.0. The molecular formula is C29H32N4O5. The van der Waals surface area contributed by atoms with Crippen molar-refractivity contribution < 1.29 is 23.5 Å². The summed E-state index contributed by atoms with van der Waals surface area (Å²) < 4.78 is 11.7. The normalized spacial score (nSPS) is 20.1. The zero-order valence-electron chi connectivity index (χ0n) is 21.7. The van der Waals surface area contributed by atoms with Gasteiger partial charge in [-0.25, -0.2) is 4.98 Å². The molecule has 2 atom stereocenters. The van der Waals surface area contributed by atoms with Crippen LogP contribution in [0.3, 0.4) is 0 Å². The van der Waals surface area contributed by atoms with E-state index < -0.39 is 0 Å². The Bertz CT molecular complexity index is 1340. The van der Waals surface area contributed by atoms with Crippen LogP contribution in [0.15, 0.2) is 52.9 Å². The van der Waals surface area contributed by atoms with Crippen molar-refractivity contribution in [1.82, 2.24) is 20.5 Å². The molecule has 0 radical (unpaired) electrons. The first kappa shape index (κ1) is 25.5. The van der Waals surface area contributed by atoms with Crippen LogP contribution in [0.4, 0.5) is 0 Å². The molecule has 9 nitrogen and oxygen atoms in total. The highest BCUT2D eigenvalue weighted by atomic mass is 16.5. The average Bonchev–Trinajstić information content (AvgIpc) is 3.48. The number of hydrogen-bond donors (Lipinski definition) is 2. The van der Waals surface area contributed by atoms with Crippen LogP contribution in [0, 0.1) is 13.8 Å². The van der Waals surface area contributed by atoms with Crippen molar-refractivity contribution in [3.8, 4) is 17.2 Å². The molecular weight excluding hydrogens is 484 g/mol. The van der Waals surface area contributed by atoms with Crippen LogP contribution in [-0.2, 0) is 16.0 Å². The van der Waals surface area contributed by atoms with E-state index in [4.69, 9.17) is 9.15 Å². The summed E-state index contributed by atoms with van der Waals surface area (Å²) in [4.78, 5) is 45.7.